The quantitative estimate of drug-likeness (QED) is 0.558. The number of nitrogens with zero attached hydrogens (tertiary/aromatic N) is 6. The summed E-state index contributed by atoms with van der Waals surface area (Å²) in [6.07, 6.45) is 3.09. The average Bonchev–Trinajstić information content (AvgIpc) is 3.06. The highest BCUT2D eigenvalue weighted by molar-refractivity contribution is 5.74. The van der Waals surface area contributed by atoms with E-state index < -0.39 is 0 Å². The minimum absolute atomic E-state index is 0.238. The molecule has 114 valence electrons. The lowest BCUT2D eigenvalue weighted by Crippen LogP contribution is -2.22. The summed E-state index contributed by atoms with van der Waals surface area (Å²) in [5.41, 5.74) is 1.50. The Balaban J connectivity index is 1.87. The number of methoxy groups -OCH3 is 1. The predicted octanol–water partition coefficient (Wildman–Crippen LogP) is 0.891. The number of benzene rings is 1. The normalized spacial score (nSPS) is 11.2. The second kappa shape index (κ2) is 5.16. The second-order valence-corrected chi connectivity index (χ2v) is 4.97. The number of fused-ring (bicyclic) bond motifs is 3. The van der Waals surface area contributed by atoms with Crippen LogP contribution in [-0.2, 0) is 6.54 Å². The van der Waals surface area contributed by atoms with Gasteiger partial charge in [0.1, 0.15) is 17.6 Å². The SMILES string of the molecule is COc1ccccc1Cn1ccc2c(nnc3ncnn32)c1=O. The van der Waals surface area contributed by atoms with E-state index in [0.29, 0.717) is 17.8 Å². The van der Waals surface area contributed by atoms with Gasteiger partial charge in [-0.15, -0.1) is 10.2 Å². The molecule has 23 heavy (non-hydrogen) atoms. The fourth-order valence-electron chi connectivity index (χ4n) is 2.53. The molecule has 0 saturated heterocycles. The van der Waals surface area contributed by atoms with E-state index in [-0.39, 0.29) is 11.1 Å². The molecule has 0 N–H and O–H groups in total. The topological polar surface area (TPSA) is 87.2 Å². The molecule has 0 amide bonds. The summed E-state index contributed by atoms with van der Waals surface area (Å²) < 4.78 is 8.39. The van der Waals surface area contributed by atoms with Crippen LogP contribution in [0.2, 0.25) is 0 Å². The van der Waals surface area contributed by atoms with Crippen molar-refractivity contribution in [2.45, 2.75) is 6.54 Å². The molecule has 3 aromatic heterocycles. The van der Waals surface area contributed by atoms with E-state index in [0.717, 1.165) is 11.3 Å². The van der Waals surface area contributed by atoms with Gasteiger partial charge in [0.15, 0.2) is 5.52 Å². The van der Waals surface area contributed by atoms with Gasteiger partial charge in [0, 0.05) is 11.8 Å². The Morgan fingerprint density at radius 3 is 2.91 bits per heavy atom. The fourth-order valence-corrected chi connectivity index (χ4v) is 2.53. The molecule has 8 heteroatoms. The zero-order valence-electron chi connectivity index (χ0n) is 12.2. The van der Waals surface area contributed by atoms with Gasteiger partial charge < -0.3 is 9.30 Å². The van der Waals surface area contributed by atoms with Crippen LogP contribution in [0.1, 0.15) is 5.56 Å². The number of rotatable bonds is 3. The monoisotopic (exact) mass is 308 g/mol. The van der Waals surface area contributed by atoms with Crippen LogP contribution in [0.25, 0.3) is 16.8 Å². The van der Waals surface area contributed by atoms with Crippen molar-refractivity contribution in [1.29, 1.82) is 0 Å². The number of para-hydroxylation sites is 1. The van der Waals surface area contributed by atoms with Crippen molar-refractivity contribution in [3.8, 4) is 5.75 Å². The van der Waals surface area contributed by atoms with E-state index >= 15 is 0 Å². The smallest absolute Gasteiger partial charge is 0.280 e. The number of pyridine rings is 1. The molecule has 0 atom stereocenters. The molecule has 0 unspecified atom stereocenters. The fraction of sp³-hybridized carbons (Fsp3) is 0.133. The van der Waals surface area contributed by atoms with Crippen LogP contribution in [0.15, 0.2) is 47.7 Å². The van der Waals surface area contributed by atoms with E-state index in [4.69, 9.17) is 4.74 Å². The molecule has 8 nitrogen and oxygen atoms in total. The molecule has 0 radical (unpaired) electrons. The van der Waals surface area contributed by atoms with Crippen molar-refractivity contribution < 1.29 is 4.74 Å². The maximum Gasteiger partial charge on any atom is 0.280 e. The molecule has 0 fully saturated rings. The first kappa shape index (κ1) is 13.4. The molecule has 3 heterocycles. The average molecular weight is 308 g/mol. The molecule has 1 aromatic carbocycles. The summed E-state index contributed by atoms with van der Waals surface area (Å²) in [6, 6.07) is 9.35. The van der Waals surface area contributed by atoms with E-state index in [1.165, 1.54) is 10.8 Å². The van der Waals surface area contributed by atoms with Crippen molar-refractivity contribution in [3.63, 3.8) is 0 Å². The van der Waals surface area contributed by atoms with Crippen molar-refractivity contribution in [2.24, 2.45) is 0 Å². The van der Waals surface area contributed by atoms with Crippen LogP contribution < -0.4 is 10.3 Å². The first-order valence-electron chi connectivity index (χ1n) is 6.95. The van der Waals surface area contributed by atoms with Crippen LogP contribution in [-0.4, -0.2) is 36.5 Å². The third kappa shape index (κ3) is 2.11. The number of aromatic nitrogens is 6. The van der Waals surface area contributed by atoms with E-state index in [1.807, 2.05) is 24.3 Å². The van der Waals surface area contributed by atoms with Crippen LogP contribution >= 0.6 is 0 Å². The van der Waals surface area contributed by atoms with Gasteiger partial charge in [-0.3, -0.25) is 4.79 Å². The molecule has 0 aliphatic rings. The van der Waals surface area contributed by atoms with Crippen molar-refractivity contribution in [2.75, 3.05) is 7.11 Å². The van der Waals surface area contributed by atoms with Gasteiger partial charge in [-0.2, -0.15) is 14.6 Å². The predicted molar refractivity (Wildman–Crippen MR) is 82.4 cm³/mol. The summed E-state index contributed by atoms with van der Waals surface area (Å²) in [6.45, 7) is 0.385. The highest BCUT2D eigenvalue weighted by Crippen LogP contribution is 2.18. The van der Waals surface area contributed by atoms with E-state index in [1.54, 1.807) is 23.9 Å². The zero-order chi connectivity index (χ0) is 15.8. The van der Waals surface area contributed by atoms with Crippen molar-refractivity contribution >= 4 is 16.8 Å². The zero-order valence-corrected chi connectivity index (χ0v) is 12.2. The van der Waals surface area contributed by atoms with E-state index in [2.05, 4.69) is 20.3 Å². The summed E-state index contributed by atoms with van der Waals surface area (Å²) in [5.74, 6) is 1.09. The Hall–Kier alpha value is -3.29. The lowest BCUT2D eigenvalue weighted by Gasteiger charge is -2.10. The highest BCUT2D eigenvalue weighted by atomic mass is 16.5. The standard InChI is InChI=1S/C15H12N6O2/c1-23-12-5-3-2-4-10(12)8-20-7-6-11-13(14(20)22)18-19-15-16-9-17-21(11)15/h2-7,9H,8H2,1H3. The van der Waals surface area contributed by atoms with Crippen molar-refractivity contribution in [1.82, 2.24) is 29.4 Å². The van der Waals surface area contributed by atoms with Gasteiger partial charge >= 0.3 is 0 Å². The van der Waals surface area contributed by atoms with Crippen molar-refractivity contribution in [3.05, 3.63) is 58.8 Å². The van der Waals surface area contributed by atoms with Gasteiger partial charge in [0.2, 0.25) is 0 Å². The second-order valence-electron chi connectivity index (χ2n) is 4.97. The third-order valence-corrected chi connectivity index (χ3v) is 3.65. The Kier molecular flexibility index (Phi) is 3.00. The Morgan fingerprint density at radius 1 is 1.17 bits per heavy atom. The lowest BCUT2D eigenvalue weighted by atomic mass is 10.2. The minimum atomic E-state index is -0.238. The molecule has 0 spiro atoms. The summed E-state index contributed by atoms with van der Waals surface area (Å²) >= 11 is 0. The van der Waals surface area contributed by atoms with Crippen LogP contribution in [0, 0.1) is 0 Å². The van der Waals surface area contributed by atoms with E-state index in [9.17, 15) is 4.79 Å². The Bertz CT molecular complexity index is 1070. The maximum absolute atomic E-state index is 12.7. The molecule has 0 aliphatic carbocycles. The molecular formula is C15H12N6O2. The van der Waals surface area contributed by atoms with Gasteiger partial charge in [0.25, 0.3) is 11.3 Å². The van der Waals surface area contributed by atoms with Gasteiger partial charge in [-0.05, 0) is 12.1 Å². The molecule has 4 rings (SSSR count). The lowest BCUT2D eigenvalue weighted by molar-refractivity contribution is 0.408. The molecule has 0 saturated carbocycles. The van der Waals surface area contributed by atoms with Crippen LogP contribution in [0.3, 0.4) is 0 Å². The Morgan fingerprint density at radius 2 is 2.04 bits per heavy atom. The van der Waals surface area contributed by atoms with Gasteiger partial charge in [0.05, 0.1) is 13.7 Å². The number of ether oxygens (including phenoxy) is 1. The number of hydrogen-bond acceptors (Lipinski definition) is 6. The van der Waals surface area contributed by atoms with Crippen LogP contribution in [0.4, 0.5) is 0 Å². The molecule has 0 bridgehead atoms. The first-order chi connectivity index (χ1) is 11.3. The van der Waals surface area contributed by atoms with Gasteiger partial charge in [-0.25, -0.2) is 0 Å². The summed E-state index contributed by atoms with van der Waals surface area (Å²) in [5, 5.41) is 12.0. The first-order valence-corrected chi connectivity index (χ1v) is 6.95. The van der Waals surface area contributed by atoms with Gasteiger partial charge in [-0.1, -0.05) is 18.2 Å². The molecular weight excluding hydrogens is 296 g/mol. The number of hydrogen-bond donors (Lipinski definition) is 0. The summed E-state index contributed by atoms with van der Waals surface area (Å²) in [7, 11) is 1.61. The molecule has 4 aromatic rings. The Labute approximate surface area is 130 Å². The maximum atomic E-state index is 12.7. The minimum Gasteiger partial charge on any atom is -0.496 e. The third-order valence-electron chi connectivity index (χ3n) is 3.65. The summed E-state index contributed by atoms with van der Waals surface area (Å²) in [4.78, 5) is 16.6. The molecule has 0 aliphatic heterocycles. The largest absolute Gasteiger partial charge is 0.496 e. The van der Waals surface area contributed by atoms with Crippen LogP contribution in [0.5, 0.6) is 5.75 Å². The highest BCUT2D eigenvalue weighted by Gasteiger charge is 2.11.